The van der Waals surface area contributed by atoms with Crippen molar-refractivity contribution in [2.24, 2.45) is 5.92 Å². The van der Waals surface area contributed by atoms with Crippen molar-refractivity contribution in [2.45, 2.75) is 44.9 Å². The zero-order valence-corrected chi connectivity index (χ0v) is 15.4. The minimum Gasteiger partial charge on any atom is -0.375 e. The van der Waals surface area contributed by atoms with E-state index in [9.17, 15) is 0 Å². The number of rotatable bonds is 7. The van der Waals surface area contributed by atoms with Crippen LogP contribution in [-0.2, 0) is 22.6 Å². The van der Waals surface area contributed by atoms with Gasteiger partial charge in [-0.15, -0.1) is 0 Å². The quantitative estimate of drug-likeness (QED) is 0.710. The summed E-state index contributed by atoms with van der Waals surface area (Å²) < 4.78 is 17.1. The summed E-state index contributed by atoms with van der Waals surface area (Å²) in [5, 5.41) is 4.08. The molecule has 1 atom stereocenters. The lowest BCUT2D eigenvalue weighted by molar-refractivity contribution is -0.182. The third-order valence-corrected chi connectivity index (χ3v) is 5.33. The van der Waals surface area contributed by atoms with Gasteiger partial charge in [0.05, 0.1) is 23.6 Å². The Hall–Kier alpha value is -1.76. The van der Waals surface area contributed by atoms with Crippen LogP contribution >= 0.6 is 0 Å². The Labute approximate surface area is 154 Å². The van der Waals surface area contributed by atoms with Gasteiger partial charge in [0, 0.05) is 45.1 Å². The zero-order chi connectivity index (χ0) is 17.8. The van der Waals surface area contributed by atoms with E-state index in [-0.39, 0.29) is 5.60 Å². The molecule has 2 aromatic heterocycles. The topological polar surface area (TPSA) is 60.6 Å². The van der Waals surface area contributed by atoms with Crippen molar-refractivity contribution in [1.29, 1.82) is 0 Å². The zero-order valence-electron chi connectivity index (χ0n) is 15.4. The molecule has 0 radical (unpaired) electrons. The third-order valence-electron chi connectivity index (χ3n) is 5.33. The van der Waals surface area contributed by atoms with E-state index in [1.807, 2.05) is 37.4 Å². The molecular weight excluding hydrogens is 330 g/mol. The number of aryl methyl sites for hydroxylation is 1. The summed E-state index contributed by atoms with van der Waals surface area (Å²) in [4.78, 5) is 6.68. The first kappa shape index (κ1) is 17.6. The minimum absolute atomic E-state index is 0.0443. The average Bonchev–Trinajstić information content (AvgIpc) is 3.04. The Morgan fingerprint density at radius 1 is 1.31 bits per heavy atom. The summed E-state index contributed by atoms with van der Waals surface area (Å²) in [5.41, 5.74) is 2.05. The van der Waals surface area contributed by atoms with E-state index in [1.165, 1.54) is 0 Å². The molecular formula is C20H27N3O3. The van der Waals surface area contributed by atoms with Crippen molar-refractivity contribution in [3.05, 3.63) is 47.6 Å². The average molecular weight is 357 g/mol. The summed E-state index contributed by atoms with van der Waals surface area (Å²) in [6, 6.07) is 7.94. The summed E-state index contributed by atoms with van der Waals surface area (Å²) in [6.45, 7) is 7.01. The molecule has 4 heterocycles. The fourth-order valence-electron chi connectivity index (χ4n) is 4.11. The summed E-state index contributed by atoms with van der Waals surface area (Å²) in [5.74, 6) is 1.55. The number of aromatic nitrogens is 2. The highest BCUT2D eigenvalue weighted by atomic mass is 16.5. The Morgan fingerprint density at radius 3 is 3.00 bits per heavy atom. The van der Waals surface area contributed by atoms with E-state index < -0.39 is 0 Å². The second kappa shape index (κ2) is 7.86. The maximum atomic E-state index is 6.14. The predicted molar refractivity (Wildman–Crippen MR) is 96.4 cm³/mol. The molecule has 0 amide bonds. The number of likely N-dealkylation sites (tertiary alicyclic amines) is 1. The molecule has 140 valence electrons. The van der Waals surface area contributed by atoms with Gasteiger partial charge in [0.15, 0.2) is 0 Å². The normalized spacial score (nSPS) is 22.4. The Kier molecular flexibility index (Phi) is 5.33. The van der Waals surface area contributed by atoms with Crippen LogP contribution in [0.15, 0.2) is 35.0 Å². The molecule has 4 rings (SSSR count). The van der Waals surface area contributed by atoms with Gasteiger partial charge in [0.2, 0.25) is 0 Å². The van der Waals surface area contributed by atoms with E-state index >= 15 is 0 Å². The molecule has 0 saturated carbocycles. The van der Waals surface area contributed by atoms with Gasteiger partial charge in [0.25, 0.3) is 0 Å². The van der Waals surface area contributed by atoms with E-state index in [0.717, 1.165) is 69.3 Å². The highest BCUT2D eigenvalue weighted by molar-refractivity contribution is 5.07. The summed E-state index contributed by atoms with van der Waals surface area (Å²) >= 11 is 0. The molecule has 2 saturated heterocycles. The summed E-state index contributed by atoms with van der Waals surface area (Å²) in [7, 11) is 0. The van der Waals surface area contributed by atoms with Crippen molar-refractivity contribution in [3.8, 4) is 0 Å². The molecule has 2 aliphatic heterocycles. The Balaban J connectivity index is 1.18. The molecule has 6 nitrogen and oxygen atoms in total. The van der Waals surface area contributed by atoms with Crippen LogP contribution in [0.25, 0.3) is 0 Å². The molecule has 6 heteroatoms. The van der Waals surface area contributed by atoms with Gasteiger partial charge in [-0.05, 0) is 44.2 Å². The highest BCUT2D eigenvalue weighted by Gasteiger charge is 2.47. The third kappa shape index (κ3) is 4.31. The van der Waals surface area contributed by atoms with Crippen molar-refractivity contribution >= 4 is 0 Å². The van der Waals surface area contributed by atoms with E-state index in [1.54, 1.807) is 0 Å². The van der Waals surface area contributed by atoms with Crippen molar-refractivity contribution in [1.82, 2.24) is 15.0 Å². The van der Waals surface area contributed by atoms with Crippen LogP contribution in [0.2, 0.25) is 0 Å². The van der Waals surface area contributed by atoms with E-state index in [4.69, 9.17) is 14.0 Å². The van der Waals surface area contributed by atoms with Crippen LogP contribution in [0.1, 0.15) is 36.4 Å². The van der Waals surface area contributed by atoms with Crippen LogP contribution in [-0.4, -0.2) is 46.9 Å². The fourth-order valence-corrected chi connectivity index (χ4v) is 4.11. The first-order valence-electron chi connectivity index (χ1n) is 9.47. The van der Waals surface area contributed by atoms with Gasteiger partial charge in [-0.2, -0.15) is 0 Å². The number of nitrogens with zero attached hydrogens (tertiary/aromatic N) is 3. The molecule has 0 aliphatic carbocycles. The Morgan fingerprint density at radius 2 is 2.23 bits per heavy atom. The standard InChI is InChI=1S/C20H27N3O3/c1-16-10-19(22-26-16)12-23-14-20(15-23)11-17(6-9-25-20)5-8-24-13-18-4-2-3-7-21-18/h2-4,7,10,17H,5-6,8-9,11-15H2,1H3/t17-/m1/s1. The van der Waals surface area contributed by atoms with Gasteiger partial charge in [-0.3, -0.25) is 9.88 Å². The number of ether oxygens (including phenoxy) is 2. The lowest BCUT2D eigenvalue weighted by Gasteiger charge is -2.53. The SMILES string of the molecule is Cc1cc(CN2CC3(C[C@H](CCOCc4ccccn4)CCO3)C2)no1. The largest absolute Gasteiger partial charge is 0.375 e. The van der Waals surface area contributed by atoms with Gasteiger partial charge in [-0.25, -0.2) is 0 Å². The van der Waals surface area contributed by atoms with Gasteiger partial charge in [0.1, 0.15) is 5.76 Å². The molecule has 1 spiro atoms. The van der Waals surface area contributed by atoms with Crippen LogP contribution < -0.4 is 0 Å². The lowest BCUT2D eigenvalue weighted by atomic mass is 9.79. The van der Waals surface area contributed by atoms with Crippen LogP contribution in [0.3, 0.4) is 0 Å². The van der Waals surface area contributed by atoms with Crippen molar-refractivity contribution in [3.63, 3.8) is 0 Å². The predicted octanol–water partition coefficient (Wildman–Crippen LogP) is 2.97. The van der Waals surface area contributed by atoms with Crippen molar-refractivity contribution < 1.29 is 14.0 Å². The first-order chi connectivity index (χ1) is 12.7. The van der Waals surface area contributed by atoms with Crippen LogP contribution in [0, 0.1) is 12.8 Å². The van der Waals surface area contributed by atoms with Crippen LogP contribution in [0.5, 0.6) is 0 Å². The smallest absolute Gasteiger partial charge is 0.133 e. The Bertz CT molecular complexity index is 697. The highest BCUT2D eigenvalue weighted by Crippen LogP contribution is 2.38. The maximum Gasteiger partial charge on any atom is 0.133 e. The number of hydrogen-bond acceptors (Lipinski definition) is 6. The summed E-state index contributed by atoms with van der Waals surface area (Å²) in [6.07, 6.45) is 5.18. The van der Waals surface area contributed by atoms with Gasteiger partial charge in [-0.1, -0.05) is 11.2 Å². The molecule has 0 N–H and O–H groups in total. The minimum atomic E-state index is 0.0443. The lowest BCUT2D eigenvalue weighted by Crippen LogP contribution is -2.64. The monoisotopic (exact) mass is 357 g/mol. The molecule has 2 fully saturated rings. The molecule has 0 bridgehead atoms. The molecule has 26 heavy (non-hydrogen) atoms. The second-order valence-electron chi connectivity index (χ2n) is 7.63. The molecule has 2 aliphatic rings. The first-order valence-corrected chi connectivity index (χ1v) is 9.47. The molecule has 0 unspecified atom stereocenters. The maximum absolute atomic E-state index is 6.14. The van der Waals surface area contributed by atoms with E-state index in [0.29, 0.717) is 12.5 Å². The van der Waals surface area contributed by atoms with Gasteiger partial charge < -0.3 is 14.0 Å². The van der Waals surface area contributed by atoms with Crippen molar-refractivity contribution in [2.75, 3.05) is 26.3 Å². The molecule has 2 aromatic rings. The number of hydrogen-bond donors (Lipinski definition) is 0. The fraction of sp³-hybridized carbons (Fsp3) is 0.600. The van der Waals surface area contributed by atoms with Gasteiger partial charge >= 0.3 is 0 Å². The second-order valence-corrected chi connectivity index (χ2v) is 7.63. The van der Waals surface area contributed by atoms with Crippen LogP contribution in [0.4, 0.5) is 0 Å². The number of pyridine rings is 1. The molecule has 0 aromatic carbocycles. The van der Waals surface area contributed by atoms with E-state index in [2.05, 4.69) is 15.0 Å².